The van der Waals surface area contributed by atoms with Gasteiger partial charge in [0.1, 0.15) is 5.60 Å². The lowest BCUT2D eigenvalue weighted by atomic mass is 10.1. The highest BCUT2D eigenvalue weighted by molar-refractivity contribution is 7.85. The molecule has 1 aliphatic carbocycles. The third-order valence-electron chi connectivity index (χ3n) is 3.39. The van der Waals surface area contributed by atoms with Crippen LogP contribution in [0.3, 0.4) is 0 Å². The number of rotatable bonds is 9. The summed E-state index contributed by atoms with van der Waals surface area (Å²) in [6.07, 6.45) is 3.59. The molecule has 1 N–H and O–H groups in total. The van der Waals surface area contributed by atoms with E-state index >= 15 is 0 Å². The lowest BCUT2D eigenvalue weighted by molar-refractivity contribution is -0.167. The number of carbonyl (C=O) groups excluding carboxylic acids is 2. The maximum atomic E-state index is 11.6. The lowest BCUT2D eigenvalue weighted by Crippen LogP contribution is -2.31. The molecule has 1 fully saturated rings. The topological polar surface area (TPSA) is 116 Å². The smallest absolute Gasteiger partial charge is 0.344 e. The van der Waals surface area contributed by atoms with Gasteiger partial charge in [0.2, 0.25) is 0 Å². The van der Waals surface area contributed by atoms with E-state index in [1.165, 1.54) is 0 Å². The van der Waals surface area contributed by atoms with Crippen molar-refractivity contribution in [3.63, 3.8) is 0 Å². The number of esters is 2. The molecule has 0 saturated heterocycles. The predicted molar refractivity (Wildman–Crippen MR) is 80.3 cm³/mol. The van der Waals surface area contributed by atoms with Crippen LogP contribution in [-0.2, 0) is 33.9 Å². The average Bonchev–Trinajstić information content (AvgIpc) is 2.86. The first-order chi connectivity index (χ1) is 10.6. The first-order valence-corrected chi connectivity index (χ1v) is 8.82. The van der Waals surface area contributed by atoms with Crippen LogP contribution in [0.4, 0.5) is 0 Å². The van der Waals surface area contributed by atoms with Gasteiger partial charge in [-0.1, -0.05) is 6.58 Å². The van der Waals surface area contributed by atoms with Crippen LogP contribution in [-0.4, -0.2) is 56.1 Å². The molecule has 1 rings (SSSR count). The van der Waals surface area contributed by atoms with Crippen LogP contribution in [0.25, 0.3) is 0 Å². The molecule has 0 aromatic rings. The van der Waals surface area contributed by atoms with Gasteiger partial charge in [-0.3, -0.25) is 4.55 Å². The molecule has 132 valence electrons. The minimum atomic E-state index is -4.11. The zero-order chi connectivity index (χ0) is 17.5. The second-order valence-electron chi connectivity index (χ2n) is 5.65. The Hall–Kier alpha value is -1.45. The molecular formula is C14H22O8S. The molecule has 0 aliphatic heterocycles. The quantitative estimate of drug-likeness (QED) is 0.282. The molecule has 0 heterocycles. The molecule has 9 heteroatoms. The van der Waals surface area contributed by atoms with Crippen LogP contribution in [0.5, 0.6) is 0 Å². The average molecular weight is 350 g/mol. The second-order valence-corrected chi connectivity index (χ2v) is 7.22. The van der Waals surface area contributed by atoms with E-state index in [1.54, 1.807) is 0 Å². The highest BCUT2D eigenvalue weighted by Gasteiger charge is 2.32. The predicted octanol–water partition coefficient (Wildman–Crippen LogP) is 0.866. The van der Waals surface area contributed by atoms with Gasteiger partial charge in [0.05, 0.1) is 24.5 Å². The Labute approximate surface area is 135 Å². The van der Waals surface area contributed by atoms with E-state index in [-0.39, 0.29) is 18.8 Å². The molecule has 0 spiro atoms. The number of hydrogen-bond donors (Lipinski definition) is 1. The summed E-state index contributed by atoms with van der Waals surface area (Å²) >= 11 is 0. The van der Waals surface area contributed by atoms with Crippen molar-refractivity contribution in [2.24, 2.45) is 0 Å². The van der Waals surface area contributed by atoms with Crippen molar-refractivity contribution in [3.8, 4) is 0 Å². The molecule has 0 aromatic carbocycles. The first kappa shape index (κ1) is 19.6. The number of hydrogen-bond acceptors (Lipinski definition) is 7. The van der Waals surface area contributed by atoms with Crippen molar-refractivity contribution < 1.29 is 36.8 Å². The van der Waals surface area contributed by atoms with Crippen LogP contribution in [0, 0.1) is 0 Å². The minimum Gasteiger partial charge on any atom is -0.457 e. The summed E-state index contributed by atoms with van der Waals surface area (Å²) < 4.78 is 44.4. The summed E-state index contributed by atoms with van der Waals surface area (Å²) in [5, 5.41) is 0. The highest BCUT2D eigenvalue weighted by atomic mass is 32.2. The summed E-state index contributed by atoms with van der Waals surface area (Å²) in [4.78, 5) is 23.2. The fourth-order valence-electron chi connectivity index (χ4n) is 2.17. The summed E-state index contributed by atoms with van der Waals surface area (Å²) in [5.41, 5.74) is -0.556. The van der Waals surface area contributed by atoms with Crippen molar-refractivity contribution in [2.45, 2.75) is 38.2 Å². The third kappa shape index (κ3) is 8.10. The van der Waals surface area contributed by atoms with E-state index < -0.39 is 40.0 Å². The Kier molecular flexibility index (Phi) is 7.17. The van der Waals surface area contributed by atoms with Gasteiger partial charge in [0.25, 0.3) is 10.1 Å². The summed E-state index contributed by atoms with van der Waals surface area (Å²) in [6.45, 7) is 4.20. The standard InChI is InChI=1S/C14H22O8S/c1-11(9-20-7-8-23(17,18)19)13(16)21-10-12(15)22-14(2)5-3-4-6-14/h1,3-10H2,2H3,(H,17,18,19). The zero-order valence-electron chi connectivity index (χ0n) is 13.1. The molecule has 0 bridgehead atoms. The van der Waals surface area contributed by atoms with Gasteiger partial charge in [0.15, 0.2) is 6.61 Å². The maximum absolute atomic E-state index is 11.6. The van der Waals surface area contributed by atoms with Gasteiger partial charge >= 0.3 is 11.9 Å². The van der Waals surface area contributed by atoms with E-state index in [2.05, 4.69) is 6.58 Å². The molecule has 0 atom stereocenters. The Morgan fingerprint density at radius 1 is 1.22 bits per heavy atom. The Morgan fingerprint density at radius 2 is 1.83 bits per heavy atom. The van der Waals surface area contributed by atoms with Gasteiger partial charge in [0, 0.05) is 0 Å². The maximum Gasteiger partial charge on any atom is 0.344 e. The molecule has 0 unspecified atom stereocenters. The van der Waals surface area contributed by atoms with Crippen LogP contribution in [0.1, 0.15) is 32.6 Å². The SMILES string of the molecule is C=C(COCCS(=O)(=O)O)C(=O)OCC(=O)OC1(C)CCCC1. The summed E-state index contributed by atoms with van der Waals surface area (Å²) in [6, 6.07) is 0. The van der Waals surface area contributed by atoms with Crippen LogP contribution >= 0.6 is 0 Å². The van der Waals surface area contributed by atoms with Gasteiger partial charge in [-0.15, -0.1) is 0 Å². The van der Waals surface area contributed by atoms with Crippen molar-refractivity contribution >= 4 is 22.1 Å². The van der Waals surface area contributed by atoms with E-state index in [9.17, 15) is 18.0 Å². The lowest BCUT2D eigenvalue weighted by Gasteiger charge is -2.23. The third-order valence-corrected chi connectivity index (χ3v) is 4.08. The second kappa shape index (κ2) is 8.42. The fraction of sp³-hybridized carbons (Fsp3) is 0.714. The largest absolute Gasteiger partial charge is 0.457 e. The van der Waals surface area contributed by atoms with Gasteiger partial charge in [-0.2, -0.15) is 8.42 Å². The van der Waals surface area contributed by atoms with Crippen molar-refractivity contribution in [1.82, 2.24) is 0 Å². The highest BCUT2D eigenvalue weighted by Crippen LogP contribution is 2.32. The van der Waals surface area contributed by atoms with Gasteiger partial charge in [-0.25, -0.2) is 9.59 Å². The molecule has 1 saturated carbocycles. The normalized spacial score (nSPS) is 16.8. The van der Waals surface area contributed by atoms with Gasteiger partial charge in [-0.05, 0) is 32.6 Å². The Bertz CT molecular complexity index is 545. The molecule has 1 aliphatic rings. The van der Waals surface area contributed by atoms with E-state index in [4.69, 9.17) is 18.8 Å². The monoisotopic (exact) mass is 350 g/mol. The molecule has 0 amide bonds. The van der Waals surface area contributed by atoms with Crippen molar-refractivity contribution in [1.29, 1.82) is 0 Å². The van der Waals surface area contributed by atoms with Crippen LogP contribution in [0.15, 0.2) is 12.2 Å². The van der Waals surface area contributed by atoms with E-state index in [0.29, 0.717) is 0 Å². The molecule has 0 aromatic heterocycles. The number of carbonyl (C=O) groups is 2. The van der Waals surface area contributed by atoms with Crippen molar-refractivity contribution in [2.75, 3.05) is 25.6 Å². The van der Waals surface area contributed by atoms with Crippen LogP contribution in [0.2, 0.25) is 0 Å². The fourth-order valence-corrected chi connectivity index (χ4v) is 2.50. The van der Waals surface area contributed by atoms with Crippen LogP contribution < -0.4 is 0 Å². The van der Waals surface area contributed by atoms with Crippen molar-refractivity contribution in [3.05, 3.63) is 12.2 Å². The first-order valence-electron chi connectivity index (χ1n) is 7.21. The summed E-state index contributed by atoms with van der Waals surface area (Å²) in [7, 11) is -4.11. The number of ether oxygens (including phenoxy) is 3. The minimum absolute atomic E-state index is 0.0692. The molecule has 8 nitrogen and oxygen atoms in total. The van der Waals surface area contributed by atoms with E-state index in [1.807, 2.05) is 6.92 Å². The molecule has 0 radical (unpaired) electrons. The molecular weight excluding hydrogens is 328 g/mol. The van der Waals surface area contributed by atoms with E-state index in [0.717, 1.165) is 25.7 Å². The zero-order valence-corrected chi connectivity index (χ0v) is 13.9. The Morgan fingerprint density at radius 3 is 2.39 bits per heavy atom. The molecule has 23 heavy (non-hydrogen) atoms. The summed E-state index contributed by atoms with van der Waals surface area (Å²) in [5.74, 6) is -2.03. The Balaban J connectivity index is 2.22. The van der Waals surface area contributed by atoms with Gasteiger partial charge < -0.3 is 14.2 Å².